The maximum atomic E-state index is 13.2. The Kier molecular flexibility index (Phi) is 6.43. The molecule has 3 N–H and O–H groups in total. The Morgan fingerprint density at radius 2 is 1.56 bits per heavy atom. The lowest BCUT2D eigenvalue weighted by Crippen LogP contribution is -2.30. The summed E-state index contributed by atoms with van der Waals surface area (Å²) in [6.07, 6.45) is -3.57. The number of carbonyl (C=O) groups is 1. The van der Waals surface area contributed by atoms with Gasteiger partial charge in [-0.2, -0.15) is 13.8 Å². The smallest absolute Gasteiger partial charge is 0.407 e. The van der Waals surface area contributed by atoms with Gasteiger partial charge in [-0.25, -0.2) is 4.79 Å². The molecule has 1 aromatic heterocycles. The number of aliphatic hydroxyl groups excluding tert-OH is 2. The number of carbonyl (C=O) groups excluding carboxylic acids is 1. The molecule has 0 bridgehead atoms. The van der Waals surface area contributed by atoms with Crippen LogP contribution in [0.1, 0.15) is 35.1 Å². The van der Waals surface area contributed by atoms with E-state index < -0.39 is 30.2 Å². The van der Waals surface area contributed by atoms with Crippen LogP contribution in [-0.2, 0) is 4.74 Å². The number of rotatable bonds is 7. The molecule has 3 aromatic rings. The summed E-state index contributed by atoms with van der Waals surface area (Å²) in [7, 11) is 0. The van der Waals surface area contributed by atoms with E-state index in [1.165, 1.54) is 0 Å². The van der Waals surface area contributed by atoms with E-state index in [9.17, 15) is 23.8 Å². The lowest BCUT2D eigenvalue weighted by molar-refractivity contribution is 0.0132. The van der Waals surface area contributed by atoms with E-state index >= 15 is 0 Å². The molecule has 1 aliphatic carbocycles. The number of benzene rings is 2. The number of ether oxygens (including phenoxy) is 1. The number of aromatic nitrogens is 1. The van der Waals surface area contributed by atoms with Crippen molar-refractivity contribution in [2.24, 2.45) is 0 Å². The highest BCUT2D eigenvalue weighted by Gasteiger charge is 2.29. The number of aliphatic hydroxyl groups is 2. The van der Waals surface area contributed by atoms with Gasteiger partial charge in [0.05, 0.1) is 6.10 Å². The number of hydrogen-bond acceptors (Lipinski definition) is 5. The van der Waals surface area contributed by atoms with Crippen LogP contribution in [0.25, 0.3) is 11.1 Å². The minimum atomic E-state index is -1.52. The lowest BCUT2D eigenvalue weighted by atomic mass is 9.98. The Morgan fingerprint density at radius 3 is 2.16 bits per heavy atom. The zero-order chi connectivity index (χ0) is 22.7. The first kappa shape index (κ1) is 21.9. The van der Waals surface area contributed by atoms with E-state index in [2.05, 4.69) is 10.3 Å². The second kappa shape index (κ2) is 9.42. The molecule has 0 spiro atoms. The standard InChI is InChI=1S/C24H22F2N2O4/c25-21-11-14(12-22(26)28-21)23(30)20(29)9-10-27-24(31)32-13-19-17-7-3-1-5-15(17)16-6-2-4-8-18(16)19/h1-8,11-12,19-20,23,29-30H,9-10,13H2,(H,27,31). The number of alkyl carbamates (subject to hydrolysis) is 1. The Bertz CT molecular complexity index is 1060. The van der Waals surface area contributed by atoms with Gasteiger partial charge in [0.1, 0.15) is 12.7 Å². The van der Waals surface area contributed by atoms with Gasteiger partial charge in [-0.1, -0.05) is 48.5 Å². The summed E-state index contributed by atoms with van der Waals surface area (Å²) < 4.78 is 31.8. The first-order valence-corrected chi connectivity index (χ1v) is 10.2. The van der Waals surface area contributed by atoms with Gasteiger partial charge in [0.25, 0.3) is 0 Å². The molecule has 2 unspecified atom stereocenters. The third kappa shape index (κ3) is 4.61. The van der Waals surface area contributed by atoms with Crippen LogP contribution in [0.4, 0.5) is 13.6 Å². The Morgan fingerprint density at radius 1 is 1.00 bits per heavy atom. The highest BCUT2D eigenvalue weighted by molar-refractivity contribution is 5.79. The molecular weight excluding hydrogens is 418 g/mol. The molecule has 0 saturated heterocycles. The summed E-state index contributed by atoms with van der Waals surface area (Å²) in [5.41, 5.74) is 4.30. The predicted molar refractivity (Wildman–Crippen MR) is 113 cm³/mol. The van der Waals surface area contributed by atoms with E-state index in [-0.39, 0.29) is 31.1 Å². The first-order valence-electron chi connectivity index (χ1n) is 10.2. The third-order valence-corrected chi connectivity index (χ3v) is 5.54. The number of nitrogens with zero attached hydrogens (tertiary/aromatic N) is 1. The largest absolute Gasteiger partial charge is 0.449 e. The minimum absolute atomic E-state index is 0.00491. The predicted octanol–water partition coefficient (Wildman–Crippen LogP) is 3.68. The molecule has 32 heavy (non-hydrogen) atoms. The van der Waals surface area contributed by atoms with Crippen molar-refractivity contribution >= 4 is 6.09 Å². The molecule has 6 nitrogen and oxygen atoms in total. The summed E-state index contributed by atoms with van der Waals surface area (Å²) in [5.74, 6) is -2.26. The van der Waals surface area contributed by atoms with Crippen LogP contribution < -0.4 is 5.32 Å². The molecule has 2 aromatic carbocycles. The van der Waals surface area contributed by atoms with Crippen molar-refractivity contribution in [2.75, 3.05) is 13.2 Å². The first-order chi connectivity index (χ1) is 15.4. The zero-order valence-corrected chi connectivity index (χ0v) is 17.0. The molecule has 0 aliphatic heterocycles. The topological polar surface area (TPSA) is 91.7 Å². The Balaban J connectivity index is 1.29. The number of hydrogen-bond donors (Lipinski definition) is 3. The highest BCUT2D eigenvalue weighted by atomic mass is 19.1. The number of fused-ring (bicyclic) bond motifs is 3. The summed E-state index contributed by atoms with van der Waals surface area (Å²) in [5, 5.41) is 22.7. The minimum Gasteiger partial charge on any atom is -0.449 e. The molecule has 1 amide bonds. The van der Waals surface area contributed by atoms with Crippen LogP contribution in [-0.4, -0.2) is 40.5 Å². The molecular formula is C24H22F2N2O4. The maximum Gasteiger partial charge on any atom is 0.407 e. The van der Waals surface area contributed by atoms with E-state index in [4.69, 9.17) is 4.74 Å². The molecule has 4 rings (SSSR count). The average molecular weight is 440 g/mol. The molecule has 0 fully saturated rings. The van der Waals surface area contributed by atoms with Crippen LogP contribution in [0.3, 0.4) is 0 Å². The van der Waals surface area contributed by atoms with Crippen molar-refractivity contribution in [3.63, 3.8) is 0 Å². The monoisotopic (exact) mass is 440 g/mol. The quantitative estimate of drug-likeness (QED) is 0.488. The number of halogens is 2. The fourth-order valence-corrected chi connectivity index (χ4v) is 4.01. The van der Waals surface area contributed by atoms with Gasteiger partial charge in [-0.3, -0.25) is 0 Å². The van der Waals surface area contributed by atoms with Gasteiger partial charge in [-0.05, 0) is 46.4 Å². The van der Waals surface area contributed by atoms with Gasteiger partial charge in [0, 0.05) is 12.5 Å². The molecule has 0 radical (unpaired) electrons. The Hall–Kier alpha value is -3.36. The van der Waals surface area contributed by atoms with Crippen LogP contribution in [0.15, 0.2) is 60.7 Å². The van der Waals surface area contributed by atoms with Crippen LogP contribution in [0, 0.1) is 11.9 Å². The van der Waals surface area contributed by atoms with E-state index in [0.29, 0.717) is 0 Å². The fourth-order valence-electron chi connectivity index (χ4n) is 4.01. The van der Waals surface area contributed by atoms with Gasteiger partial charge >= 0.3 is 6.09 Å². The van der Waals surface area contributed by atoms with Crippen molar-refractivity contribution in [3.05, 3.63) is 89.2 Å². The van der Waals surface area contributed by atoms with Crippen LogP contribution >= 0.6 is 0 Å². The summed E-state index contributed by atoms with van der Waals surface area (Å²) in [6, 6.07) is 17.7. The SMILES string of the molecule is O=C(NCCC(O)C(O)c1cc(F)nc(F)c1)OCC1c2ccccc2-c2ccccc21. The molecule has 8 heteroatoms. The van der Waals surface area contributed by atoms with Crippen molar-refractivity contribution in [1.29, 1.82) is 0 Å². The summed E-state index contributed by atoms with van der Waals surface area (Å²) >= 11 is 0. The lowest BCUT2D eigenvalue weighted by Gasteiger charge is -2.19. The second-order valence-electron chi connectivity index (χ2n) is 7.60. The second-order valence-corrected chi connectivity index (χ2v) is 7.60. The van der Waals surface area contributed by atoms with Gasteiger partial charge in [-0.15, -0.1) is 0 Å². The molecule has 1 aliphatic rings. The van der Waals surface area contributed by atoms with Gasteiger partial charge in [0.15, 0.2) is 0 Å². The number of nitrogens with one attached hydrogen (secondary N) is 1. The number of pyridine rings is 1. The average Bonchev–Trinajstić information content (AvgIpc) is 3.10. The van der Waals surface area contributed by atoms with E-state index in [1.54, 1.807) is 0 Å². The van der Waals surface area contributed by atoms with Gasteiger partial charge < -0.3 is 20.3 Å². The fraction of sp³-hybridized carbons (Fsp3) is 0.250. The molecule has 0 saturated carbocycles. The maximum absolute atomic E-state index is 13.2. The van der Waals surface area contributed by atoms with Crippen LogP contribution in [0.2, 0.25) is 0 Å². The third-order valence-electron chi connectivity index (χ3n) is 5.54. The summed E-state index contributed by atoms with van der Waals surface area (Å²) in [6.45, 7) is 0.158. The Labute approximate surface area is 183 Å². The van der Waals surface area contributed by atoms with Crippen molar-refractivity contribution in [1.82, 2.24) is 10.3 Å². The molecule has 2 atom stereocenters. The van der Waals surface area contributed by atoms with Gasteiger partial charge in [0.2, 0.25) is 11.9 Å². The van der Waals surface area contributed by atoms with E-state index in [0.717, 1.165) is 34.4 Å². The normalized spacial score (nSPS) is 14.4. The van der Waals surface area contributed by atoms with E-state index in [1.807, 2.05) is 48.5 Å². The van der Waals surface area contributed by atoms with Crippen molar-refractivity contribution in [2.45, 2.75) is 24.5 Å². The number of amides is 1. The molecule has 1 heterocycles. The zero-order valence-electron chi connectivity index (χ0n) is 17.0. The van der Waals surface area contributed by atoms with Crippen LogP contribution in [0.5, 0.6) is 0 Å². The van der Waals surface area contributed by atoms with Crippen molar-refractivity contribution < 1.29 is 28.5 Å². The summed E-state index contributed by atoms with van der Waals surface area (Å²) in [4.78, 5) is 15.1. The van der Waals surface area contributed by atoms with Crippen molar-refractivity contribution in [3.8, 4) is 11.1 Å². The molecule has 166 valence electrons. The highest BCUT2D eigenvalue weighted by Crippen LogP contribution is 2.44.